The molecule has 0 aliphatic heterocycles. The van der Waals surface area contributed by atoms with Crippen LogP contribution in [-0.2, 0) is 12.4 Å². The maximum Gasteiger partial charge on any atom is 0.416 e. The predicted octanol–water partition coefficient (Wildman–Crippen LogP) is 6.60. The molecule has 0 fully saturated rings. The highest BCUT2D eigenvalue weighted by Gasteiger charge is 2.37. The molecule has 10 heteroatoms. The van der Waals surface area contributed by atoms with Gasteiger partial charge in [-0.3, -0.25) is 0 Å². The van der Waals surface area contributed by atoms with E-state index in [2.05, 4.69) is 10.3 Å². The molecule has 0 aliphatic carbocycles. The van der Waals surface area contributed by atoms with E-state index in [1.165, 1.54) is 23.8 Å². The maximum absolute atomic E-state index is 12.9. The Morgan fingerprint density at radius 1 is 0.893 bits per heavy atom. The predicted molar refractivity (Wildman–Crippen MR) is 93.8 cm³/mol. The number of aromatic nitrogens is 1. The molecule has 3 rings (SSSR count). The molecule has 0 bridgehead atoms. The lowest BCUT2D eigenvalue weighted by atomic mass is 10.1. The summed E-state index contributed by atoms with van der Waals surface area (Å²) in [5.41, 5.74) is -2.40. The van der Waals surface area contributed by atoms with E-state index >= 15 is 0 Å². The number of alkyl halides is 6. The Labute approximate surface area is 159 Å². The molecular weight excluding hydrogens is 406 g/mol. The molecule has 0 saturated carbocycles. The summed E-state index contributed by atoms with van der Waals surface area (Å²) in [6, 6.07) is 8.22. The topological polar surface area (TPSA) is 34.1 Å². The van der Waals surface area contributed by atoms with E-state index in [-0.39, 0.29) is 17.6 Å². The standard InChI is InChI=1S/C18H12F6N2OS/c1-27-14-4-2-10(3-5-14)16-26-15(9-28-16)25-13-7-11(17(19,20)21)6-12(8-13)18(22,23)24/h2-9,25H,1H3. The summed E-state index contributed by atoms with van der Waals surface area (Å²) in [7, 11) is 1.52. The van der Waals surface area contributed by atoms with Gasteiger partial charge in [-0.1, -0.05) is 0 Å². The van der Waals surface area contributed by atoms with Gasteiger partial charge in [-0.05, 0) is 42.5 Å². The fourth-order valence-corrected chi connectivity index (χ4v) is 3.13. The second-order valence-corrected chi connectivity index (χ2v) is 6.54. The van der Waals surface area contributed by atoms with Crippen LogP contribution in [-0.4, -0.2) is 12.1 Å². The number of nitrogens with one attached hydrogen (secondary N) is 1. The summed E-state index contributed by atoms with van der Waals surface area (Å²) < 4.78 is 82.7. The molecule has 3 aromatic rings. The van der Waals surface area contributed by atoms with Gasteiger partial charge in [-0.25, -0.2) is 4.98 Å². The van der Waals surface area contributed by atoms with Crippen molar-refractivity contribution in [3.63, 3.8) is 0 Å². The Balaban J connectivity index is 1.90. The highest BCUT2D eigenvalue weighted by molar-refractivity contribution is 7.13. The van der Waals surface area contributed by atoms with Crippen molar-refractivity contribution < 1.29 is 31.1 Å². The first-order chi connectivity index (χ1) is 13.1. The van der Waals surface area contributed by atoms with Crippen molar-refractivity contribution in [1.29, 1.82) is 0 Å². The zero-order valence-corrected chi connectivity index (χ0v) is 15.0. The molecule has 28 heavy (non-hydrogen) atoms. The van der Waals surface area contributed by atoms with Gasteiger partial charge in [0.15, 0.2) is 0 Å². The summed E-state index contributed by atoms with van der Waals surface area (Å²) in [4.78, 5) is 4.22. The Hall–Kier alpha value is -2.75. The number of ether oxygens (including phenoxy) is 1. The highest BCUT2D eigenvalue weighted by atomic mass is 32.1. The summed E-state index contributed by atoms with van der Waals surface area (Å²) in [6.07, 6.45) is -9.82. The molecule has 3 nitrogen and oxygen atoms in total. The summed E-state index contributed by atoms with van der Waals surface area (Å²) in [6.45, 7) is 0. The molecular formula is C18H12F6N2OS. The van der Waals surface area contributed by atoms with Crippen LogP contribution in [0.3, 0.4) is 0 Å². The first kappa shape index (κ1) is 20.0. The number of anilines is 2. The van der Waals surface area contributed by atoms with Gasteiger partial charge in [0.1, 0.15) is 16.6 Å². The number of rotatable bonds is 4. The largest absolute Gasteiger partial charge is 0.497 e. The van der Waals surface area contributed by atoms with Gasteiger partial charge in [0.25, 0.3) is 0 Å². The Morgan fingerprint density at radius 2 is 1.46 bits per heavy atom. The van der Waals surface area contributed by atoms with Crippen molar-refractivity contribution in [1.82, 2.24) is 4.98 Å². The van der Waals surface area contributed by atoms with Crippen molar-refractivity contribution in [3.05, 3.63) is 59.0 Å². The molecule has 148 valence electrons. The van der Waals surface area contributed by atoms with Gasteiger partial charge in [0, 0.05) is 16.6 Å². The minimum atomic E-state index is -4.91. The summed E-state index contributed by atoms with van der Waals surface area (Å²) >= 11 is 1.20. The van der Waals surface area contributed by atoms with Crippen molar-refractivity contribution in [3.8, 4) is 16.3 Å². The van der Waals surface area contributed by atoms with E-state index in [1.54, 1.807) is 24.3 Å². The van der Waals surface area contributed by atoms with Crippen LogP contribution in [0.25, 0.3) is 10.6 Å². The SMILES string of the molecule is COc1ccc(-c2nc(Nc3cc(C(F)(F)F)cc(C(F)(F)F)c3)cs2)cc1. The van der Waals surface area contributed by atoms with Crippen LogP contribution in [0, 0.1) is 0 Å². The minimum Gasteiger partial charge on any atom is -0.497 e. The van der Waals surface area contributed by atoms with Gasteiger partial charge in [0.2, 0.25) is 0 Å². The molecule has 0 atom stereocenters. The Kier molecular flexibility index (Phi) is 5.24. The quantitative estimate of drug-likeness (QED) is 0.485. The number of halogens is 6. The number of hydrogen-bond donors (Lipinski definition) is 1. The fraction of sp³-hybridized carbons (Fsp3) is 0.167. The molecule has 0 radical (unpaired) electrons. The van der Waals surface area contributed by atoms with Crippen LogP contribution < -0.4 is 10.1 Å². The molecule has 0 unspecified atom stereocenters. The minimum absolute atomic E-state index is 0.0784. The highest BCUT2D eigenvalue weighted by Crippen LogP contribution is 2.38. The van der Waals surface area contributed by atoms with Crippen LogP contribution in [0.5, 0.6) is 5.75 Å². The maximum atomic E-state index is 12.9. The van der Waals surface area contributed by atoms with E-state index in [0.717, 1.165) is 5.56 Å². The van der Waals surface area contributed by atoms with Crippen LogP contribution in [0.4, 0.5) is 37.8 Å². The van der Waals surface area contributed by atoms with Crippen LogP contribution >= 0.6 is 11.3 Å². The van der Waals surface area contributed by atoms with Crippen LogP contribution in [0.2, 0.25) is 0 Å². The molecule has 0 amide bonds. The third kappa shape index (κ3) is 4.56. The van der Waals surface area contributed by atoms with Crippen molar-refractivity contribution in [2.24, 2.45) is 0 Å². The molecule has 2 aromatic carbocycles. The van der Waals surface area contributed by atoms with Gasteiger partial charge in [0.05, 0.1) is 18.2 Å². The molecule has 1 N–H and O–H groups in total. The lowest BCUT2D eigenvalue weighted by Gasteiger charge is -2.14. The molecule has 0 spiro atoms. The lowest BCUT2D eigenvalue weighted by Crippen LogP contribution is -2.11. The first-order valence-corrected chi connectivity index (χ1v) is 8.61. The number of benzene rings is 2. The second-order valence-electron chi connectivity index (χ2n) is 5.69. The summed E-state index contributed by atoms with van der Waals surface area (Å²) in [5, 5.41) is 4.57. The average Bonchev–Trinajstić information content (AvgIpc) is 3.08. The van der Waals surface area contributed by atoms with Crippen molar-refractivity contribution in [2.75, 3.05) is 12.4 Å². The van der Waals surface area contributed by atoms with Crippen molar-refractivity contribution >= 4 is 22.8 Å². The van der Waals surface area contributed by atoms with Crippen molar-refractivity contribution in [2.45, 2.75) is 12.4 Å². The smallest absolute Gasteiger partial charge is 0.416 e. The van der Waals surface area contributed by atoms with Gasteiger partial charge < -0.3 is 10.1 Å². The zero-order valence-electron chi connectivity index (χ0n) is 14.2. The van der Waals surface area contributed by atoms with Gasteiger partial charge in [-0.2, -0.15) is 26.3 Å². The van der Waals surface area contributed by atoms with Crippen LogP contribution in [0.15, 0.2) is 47.8 Å². The van der Waals surface area contributed by atoms with E-state index in [4.69, 9.17) is 4.74 Å². The third-order valence-corrected chi connectivity index (χ3v) is 4.59. The molecule has 1 heterocycles. The number of methoxy groups -OCH3 is 1. The second kappa shape index (κ2) is 7.34. The molecule has 0 aliphatic rings. The van der Waals surface area contributed by atoms with Gasteiger partial charge in [-0.15, -0.1) is 11.3 Å². The molecule has 1 aromatic heterocycles. The monoisotopic (exact) mass is 418 g/mol. The zero-order chi connectivity index (χ0) is 20.5. The number of thiazole rings is 1. The van der Waals surface area contributed by atoms with E-state index in [1.807, 2.05) is 0 Å². The first-order valence-electron chi connectivity index (χ1n) is 7.73. The molecule has 0 saturated heterocycles. The lowest BCUT2D eigenvalue weighted by molar-refractivity contribution is -0.143. The third-order valence-electron chi connectivity index (χ3n) is 3.70. The normalized spacial score (nSPS) is 12.1. The number of hydrogen-bond acceptors (Lipinski definition) is 4. The summed E-state index contributed by atoms with van der Waals surface area (Å²) in [5.74, 6) is 0.783. The Morgan fingerprint density at radius 3 is 1.96 bits per heavy atom. The average molecular weight is 418 g/mol. The Bertz CT molecular complexity index is 931. The fourth-order valence-electron chi connectivity index (χ4n) is 2.37. The van der Waals surface area contributed by atoms with Crippen LogP contribution in [0.1, 0.15) is 11.1 Å². The number of nitrogens with zero attached hydrogens (tertiary/aromatic N) is 1. The van der Waals surface area contributed by atoms with E-state index in [9.17, 15) is 26.3 Å². The van der Waals surface area contributed by atoms with E-state index < -0.39 is 23.5 Å². The van der Waals surface area contributed by atoms with Gasteiger partial charge >= 0.3 is 12.4 Å². The van der Waals surface area contributed by atoms with E-state index in [0.29, 0.717) is 22.9 Å².